The molecule has 1 fully saturated rings. The highest BCUT2D eigenvalue weighted by Crippen LogP contribution is 2.24. The van der Waals surface area contributed by atoms with E-state index in [1.807, 2.05) is 17.0 Å². The summed E-state index contributed by atoms with van der Waals surface area (Å²) in [4.78, 5) is 21.6. The molecule has 2 aromatic rings. The third-order valence-electron chi connectivity index (χ3n) is 3.62. The van der Waals surface area contributed by atoms with Gasteiger partial charge >= 0.3 is 5.97 Å². The predicted molar refractivity (Wildman–Crippen MR) is 74.8 cm³/mol. The summed E-state index contributed by atoms with van der Waals surface area (Å²) in [6.07, 6.45) is 3.26. The summed E-state index contributed by atoms with van der Waals surface area (Å²) in [5.41, 5.74) is 0.756. The van der Waals surface area contributed by atoms with E-state index in [0.717, 1.165) is 30.8 Å². The molecule has 0 radical (unpaired) electrons. The van der Waals surface area contributed by atoms with Gasteiger partial charge in [0.05, 0.1) is 11.5 Å². The zero-order valence-corrected chi connectivity index (χ0v) is 11.7. The molecule has 3 rings (SSSR count). The Balaban J connectivity index is 1.76. The van der Waals surface area contributed by atoms with E-state index in [9.17, 15) is 4.79 Å². The standard InChI is InChI=1S/C14H16N4O3/c1-9-16-13(21-17-9)10-4-5-12(15-7-10)18-6-2-3-11(8-18)14(19)20/h4-5,7,11H,2-3,6,8H2,1H3,(H,19,20)/t11-/m1/s1. The maximum Gasteiger partial charge on any atom is 0.308 e. The normalized spacial score (nSPS) is 18.7. The van der Waals surface area contributed by atoms with Crippen molar-refractivity contribution < 1.29 is 14.4 Å². The fraction of sp³-hybridized carbons (Fsp3) is 0.429. The largest absolute Gasteiger partial charge is 0.481 e. The fourth-order valence-electron chi connectivity index (χ4n) is 2.50. The van der Waals surface area contributed by atoms with Crippen molar-refractivity contribution >= 4 is 11.8 Å². The first-order chi connectivity index (χ1) is 10.1. The second kappa shape index (κ2) is 5.51. The van der Waals surface area contributed by atoms with Gasteiger partial charge in [0, 0.05) is 19.3 Å². The Morgan fingerprint density at radius 3 is 2.95 bits per heavy atom. The number of carboxylic acid groups (broad SMARTS) is 1. The number of aryl methyl sites for hydroxylation is 1. The molecule has 2 aromatic heterocycles. The van der Waals surface area contributed by atoms with Crippen LogP contribution < -0.4 is 4.90 Å². The van der Waals surface area contributed by atoms with Crippen molar-refractivity contribution in [2.24, 2.45) is 5.92 Å². The lowest BCUT2D eigenvalue weighted by Crippen LogP contribution is -2.39. The smallest absolute Gasteiger partial charge is 0.308 e. The molecular formula is C14H16N4O3. The molecule has 3 heterocycles. The SMILES string of the molecule is Cc1noc(-c2ccc(N3CCC[C@@H](C(=O)O)C3)nc2)n1. The first kappa shape index (κ1) is 13.5. The Morgan fingerprint density at radius 1 is 1.48 bits per heavy atom. The van der Waals surface area contributed by atoms with Gasteiger partial charge in [0.15, 0.2) is 5.82 Å². The van der Waals surface area contributed by atoms with Crippen molar-refractivity contribution in [3.8, 4) is 11.5 Å². The Labute approximate surface area is 121 Å². The number of nitrogens with zero attached hydrogens (tertiary/aromatic N) is 4. The molecule has 1 N–H and O–H groups in total. The van der Waals surface area contributed by atoms with E-state index < -0.39 is 5.97 Å². The zero-order valence-electron chi connectivity index (χ0n) is 11.7. The molecule has 7 nitrogen and oxygen atoms in total. The molecule has 0 saturated carbocycles. The summed E-state index contributed by atoms with van der Waals surface area (Å²) in [6.45, 7) is 3.09. The number of carboxylic acids is 1. The third-order valence-corrected chi connectivity index (χ3v) is 3.62. The molecule has 0 aromatic carbocycles. The Hall–Kier alpha value is -2.44. The van der Waals surface area contributed by atoms with Crippen LogP contribution in [0.3, 0.4) is 0 Å². The van der Waals surface area contributed by atoms with E-state index in [-0.39, 0.29) is 5.92 Å². The van der Waals surface area contributed by atoms with Crippen LogP contribution in [0.25, 0.3) is 11.5 Å². The lowest BCUT2D eigenvalue weighted by atomic mass is 9.98. The first-order valence-electron chi connectivity index (χ1n) is 6.88. The van der Waals surface area contributed by atoms with Crippen LogP contribution in [0.2, 0.25) is 0 Å². The average Bonchev–Trinajstić information content (AvgIpc) is 2.94. The van der Waals surface area contributed by atoms with Gasteiger partial charge in [-0.15, -0.1) is 0 Å². The molecule has 0 aliphatic carbocycles. The summed E-state index contributed by atoms with van der Waals surface area (Å²) in [6, 6.07) is 3.72. The molecule has 1 saturated heterocycles. The Kier molecular flexibility index (Phi) is 3.55. The molecule has 0 bridgehead atoms. The molecule has 21 heavy (non-hydrogen) atoms. The Bertz CT molecular complexity index is 638. The van der Waals surface area contributed by atoms with Gasteiger partial charge in [-0.2, -0.15) is 4.98 Å². The second-order valence-electron chi connectivity index (χ2n) is 5.18. The monoisotopic (exact) mass is 288 g/mol. The number of carbonyl (C=O) groups is 1. The van der Waals surface area contributed by atoms with Crippen LogP contribution in [0.5, 0.6) is 0 Å². The quantitative estimate of drug-likeness (QED) is 0.919. The van der Waals surface area contributed by atoms with E-state index in [0.29, 0.717) is 18.3 Å². The molecule has 1 atom stereocenters. The number of anilines is 1. The number of aliphatic carboxylic acids is 1. The molecule has 1 aliphatic heterocycles. The average molecular weight is 288 g/mol. The summed E-state index contributed by atoms with van der Waals surface area (Å²) in [7, 11) is 0. The highest BCUT2D eigenvalue weighted by molar-refractivity contribution is 5.71. The van der Waals surface area contributed by atoms with Crippen LogP contribution in [0.4, 0.5) is 5.82 Å². The fourth-order valence-corrected chi connectivity index (χ4v) is 2.50. The van der Waals surface area contributed by atoms with Crippen molar-refractivity contribution in [1.82, 2.24) is 15.1 Å². The van der Waals surface area contributed by atoms with Gasteiger partial charge in [0.2, 0.25) is 0 Å². The van der Waals surface area contributed by atoms with Gasteiger partial charge in [-0.1, -0.05) is 5.16 Å². The van der Waals surface area contributed by atoms with Crippen molar-refractivity contribution in [3.05, 3.63) is 24.2 Å². The van der Waals surface area contributed by atoms with Crippen molar-refractivity contribution in [1.29, 1.82) is 0 Å². The Morgan fingerprint density at radius 2 is 2.33 bits per heavy atom. The lowest BCUT2D eigenvalue weighted by Gasteiger charge is -2.31. The van der Waals surface area contributed by atoms with E-state index in [1.54, 1.807) is 13.1 Å². The minimum atomic E-state index is -0.738. The first-order valence-corrected chi connectivity index (χ1v) is 6.88. The summed E-state index contributed by atoms with van der Waals surface area (Å²) >= 11 is 0. The lowest BCUT2D eigenvalue weighted by molar-refractivity contribution is -0.141. The van der Waals surface area contributed by atoms with Gasteiger partial charge in [-0.05, 0) is 31.9 Å². The van der Waals surface area contributed by atoms with Crippen LogP contribution >= 0.6 is 0 Å². The van der Waals surface area contributed by atoms with Crippen molar-refractivity contribution in [3.63, 3.8) is 0 Å². The summed E-state index contributed by atoms with van der Waals surface area (Å²) in [5, 5.41) is 12.9. The molecule has 1 aliphatic rings. The molecule has 110 valence electrons. The molecule has 0 spiro atoms. The number of pyridine rings is 1. The van der Waals surface area contributed by atoms with Gasteiger partial charge < -0.3 is 14.5 Å². The molecular weight excluding hydrogens is 272 g/mol. The number of aromatic nitrogens is 3. The van der Waals surface area contributed by atoms with Gasteiger partial charge in [0.1, 0.15) is 5.82 Å². The van der Waals surface area contributed by atoms with E-state index >= 15 is 0 Å². The number of hydrogen-bond donors (Lipinski definition) is 1. The predicted octanol–water partition coefficient (Wildman–Crippen LogP) is 1.74. The van der Waals surface area contributed by atoms with Gasteiger partial charge in [-0.25, -0.2) is 4.98 Å². The molecule has 7 heteroatoms. The van der Waals surface area contributed by atoms with Crippen LogP contribution in [0, 0.1) is 12.8 Å². The topological polar surface area (TPSA) is 92.4 Å². The summed E-state index contributed by atoms with van der Waals surface area (Å²) < 4.78 is 5.09. The number of piperidine rings is 1. The minimum absolute atomic E-state index is 0.321. The summed E-state index contributed by atoms with van der Waals surface area (Å²) in [5.74, 6) is 0.737. The molecule has 0 unspecified atom stereocenters. The number of hydrogen-bond acceptors (Lipinski definition) is 6. The molecule has 0 amide bonds. The van der Waals surface area contributed by atoms with Crippen LogP contribution in [-0.2, 0) is 4.79 Å². The van der Waals surface area contributed by atoms with Gasteiger partial charge in [-0.3, -0.25) is 4.79 Å². The van der Waals surface area contributed by atoms with Crippen molar-refractivity contribution in [2.75, 3.05) is 18.0 Å². The van der Waals surface area contributed by atoms with Gasteiger partial charge in [0.25, 0.3) is 5.89 Å². The van der Waals surface area contributed by atoms with E-state index in [4.69, 9.17) is 9.63 Å². The van der Waals surface area contributed by atoms with Crippen LogP contribution in [0.15, 0.2) is 22.9 Å². The zero-order chi connectivity index (χ0) is 14.8. The number of rotatable bonds is 3. The van der Waals surface area contributed by atoms with E-state index in [1.165, 1.54) is 0 Å². The highest BCUT2D eigenvalue weighted by Gasteiger charge is 2.26. The maximum atomic E-state index is 11.1. The highest BCUT2D eigenvalue weighted by atomic mass is 16.5. The third kappa shape index (κ3) is 2.86. The second-order valence-corrected chi connectivity index (χ2v) is 5.18. The van der Waals surface area contributed by atoms with Crippen molar-refractivity contribution in [2.45, 2.75) is 19.8 Å². The minimum Gasteiger partial charge on any atom is -0.481 e. The van der Waals surface area contributed by atoms with E-state index in [2.05, 4.69) is 15.1 Å². The van der Waals surface area contributed by atoms with Crippen LogP contribution in [0.1, 0.15) is 18.7 Å². The maximum absolute atomic E-state index is 11.1. The van der Waals surface area contributed by atoms with Crippen LogP contribution in [-0.4, -0.2) is 39.3 Å².